The lowest BCUT2D eigenvalue weighted by Gasteiger charge is -2.16. The molecule has 1 aliphatic heterocycles. The summed E-state index contributed by atoms with van der Waals surface area (Å²) in [4.78, 5) is 24.0. The number of aliphatic hydroxyl groups excluding tert-OH is 2. The van der Waals surface area contributed by atoms with Crippen molar-refractivity contribution < 1.29 is 24.5 Å². The van der Waals surface area contributed by atoms with Crippen molar-refractivity contribution in [2.24, 2.45) is 5.92 Å². The van der Waals surface area contributed by atoms with Gasteiger partial charge in [0.25, 0.3) is 0 Å². The zero-order chi connectivity index (χ0) is 17.4. The number of carbonyl (C=O) groups excluding carboxylic acids is 1. The van der Waals surface area contributed by atoms with Gasteiger partial charge in [-0.2, -0.15) is 0 Å². The summed E-state index contributed by atoms with van der Waals surface area (Å²) >= 11 is 0. The average Bonchev–Trinajstić information content (AvgIpc) is 3.09. The highest BCUT2D eigenvalue weighted by Gasteiger charge is 2.45. The highest BCUT2D eigenvalue weighted by Crippen LogP contribution is 2.31. The van der Waals surface area contributed by atoms with Gasteiger partial charge in [0.15, 0.2) is 11.9 Å². The van der Waals surface area contributed by atoms with Gasteiger partial charge in [0.1, 0.15) is 36.8 Å². The molecular formula is C15H20N4O5. The van der Waals surface area contributed by atoms with E-state index in [9.17, 15) is 15.0 Å². The van der Waals surface area contributed by atoms with Crippen LogP contribution in [0.1, 0.15) is 25.8 Å². The summed E-state index contributed by atoms with van der Waals surface area (Å²) in [5.41, 5.74) is 1.80. The number of aromatic nitrogens is 4. The van der Waals surface area contributed by atoms with E-state index in [-0.39, 0.29) is 18.5 Å². The minimum atomic E-state index is -1.19. The van der Waals surface area contributed by atoms with E-state index in [1.165, 1.54) is 12.7 Å². The van der Waals surface area contributed by atoms with Gasteiger partial charge in [0.05, 0.1) is 17.9 Å². The molecule has 1 aliphatic rings. The van der Waals surface area contributed by atoms with Crippen LogP contribution in [-0.2, 0) is 14.3 Å². The molecule has 4 atom stereocenters. The van der Waals surface area contributed by atoms with E-state index in [1.807, 2.05) is 0 Å². The van der Waals surface area contributed by atoms with Crippen molar-refractivity contribution in [3.05, 3.63) is 18.3 Å². The van der Waals surface area contributed by atoms with E-state index in [4.69, 9.17) is 9.47 Å². The number of aliphatic hydroxyl groups is 2. The van der Waals surface area contributed by atoms with E-state index in [2.05, 4.69) is 15.0 Å². The summed E-state index contributed by atoms with van der Waals surface area (Å²) < 4.78 is 12.3. The molecule has 0 saturated carbocycles. The maximum Gasteiger partial charge on any atom is 0.308 e. The van der Waals surface area contributed by atoms with Crippen LogP contribution in [0.25, 0.3) is 11.2 Å². The van der Waals surface area contributed by atoms with Crippen LogP contribution in [0, 0.1) is 12.8 Å². The number of rotatable bonds is 4. The number of aryl methyl sites for hydroxylation is 1. The Balaban J connectivity index is 1.79. The number of esters is 1. The van der Waals surface area contributed by atoms with E-state index >= 15 is 0 Å². The second-order valence-electron chi connectivity index (χ2n) is 6.11. The van der Waals surface area contributed by atoms with Gasteiger partial charge in [0, 0.05) is 0 Å². The SMILES string of the molecule is Cc1ncnc2c1ncn2[C@@H]1O[C@H](COC(=O)C(C)C)[C@@H](O)[C@H]1O. The second kappa shape index (κ2) is 6.42. The molecule has 0 amide bonds. The van der Waals surface area contributed by atoms with Crippen LogP contribution < -0.4 is 0 Å². The highest BCUT2D eigenvalue weighted by atomic mass is 16.6. The third-order valence-electron chi connectivity index (χ3n) is 4.01. The van der Waals surface area contributed by atoms with Crippen molar-refractivity contribution in [2.75, 3.05) is 6.61 Å². The number of imidazole rings is 1. The molecule has 2 N–H and O–H groups in total. The van der Waals surface area contributed by atoms with Crippen LogP contribution in [0.4, 0.5) is 0 Å². The summed E-state index contributed by atoms with van der Waals surface area (Å²) in [7, 11) is 0. The number of hydrogen-bond acceptors (Lipinski definition) is 8. The molecule has 0 spiro atoms. The van der Waals surface area contributed by atoms with Crippen molar-refractivity contribution in [2.45, 2.75) is 45.3 Å². The molecule has 3 heterocycles. The minimum Gasteiger partial charge on any atom is -0.463 e. The van der Waals surface area contributed by atoms with Gasteiger partial charge in [-0.15, -0.1) is 0 Å². The van der Waals surface area contributed by atoms with Gasteiger partial charge in [-0.05, 0) is 6.92 Å². The maximum atomic E-state index is 11.6. The van der Waals surface area contributed by atoms with E-state index in [0.717, 1.165) is 0 Å². The molecule has 9 heteroatoms. The van der Waals surface area contributed by atoms with Crippen molar-refractivity contribution >= 4 is 17.1 Å². The first-order chi connectivity index (χ1) is 11.4. The number of ether oxygens (including phenoxy) is 2. The Labute approximate surface area is 138 Å². The number of hydrogen-bond donors (Lipinski definition) is 2. The number of fused-ring (bicyclic) bond motifs is 1. The lowest BCUT2D eigenvalue weighted by Crippen LogP contribution is -2.34. The smallest absolute Gasteiger partial charge is 0.308 e. The predicted octanol–water partition coefficient (Wildman–Crippen LogP) is -0.0469. The van der Waals surface area contributed by atoms with Crippen LogP contribution in [-0.4, -0.2) is 60.6 Å². The molecule has 0 radical (unpaired) electrons. The Kier molecular flexibility index (Phi) is 4.48. The largest absolute Gasteiger partial charge is 0.463 e. The molecule has 0 aliphatic carbocycles. The van der Waals surface area contributed by atoms with Gasteiger partial charge in [-0.3, -0.25) is 9.36 Å². The monoisotopic (exact) mass is 336 g/mol. The molecule has 3 rings (SSSR count). The first kappa shape index (κ1) is 16.7. The van der Waals surface area contributed by atoms with Crippen LogP contribution >= 0.6 is 0 Å². The van der Waals surface area contributed by atoms with Crippen molar-refractivity contribution in [1.82, 2.24) is 19.5 Å². The van der Waals surface area contributed by atoms with Crippen LogP contribution in [0.2, 0.25) is 0 Å². The Hall–Kier alpha value is -2.10. The van der Waals surface area contributed by atoms with Gasteiger partial charge in [-0.25, -0.2) is 15.0 Å². The van der Waals surface area contributed by atoms with Crippen molar-refractivity contribution in [3.8, 4) is 0 Å². The summed E-state index contributed by atoms with van der Waals surface area (Å²) in [5.74, 6) is -0.665. The second-order valence-corrected chi connectivity index (χ2v) is 6.11. The molecule has 24 heavy (non-hydrogen) atoms. The first-order valence-electron chi connectivity index (χ1n) is 7.72. The van der Waals surface area contributed by atoms with Crippen LogP contribution in [0.15, 0.2) is 12.7 Å². The topological polar surface area (TPSA) is 120 Å². The Morgan fingerprint density at radius 2 is 2.08 bits per heavy atom. The summed E-state index contributed by atoms with van der Waals surface area (Å²) in [6, 6.07) is 0. The molecule has 0 aromatic carbocycles. The minimum absolute atomic E-state index is 0.133. The first-order valence-corrected chi connectivity index (χ1v) is 7.72. The third kappa shape index (κ3) is 2.85. The average molecular weight is 336 g/mol. The summed E-state index contributed by atoms with van der Waals surface area (Å²) in [6.07, 6.45) is -1.20. The summed E-state index contributed by atoms with van der Waals surface area (Å²) in [5, 5.41) is 20.5. The van der Waals surface area contributed by atoms with Gasteiger partial charge >= 0.3 is 5.97 Å². The van der Waals surface area contributed by atoms with E-state index in [0.29, 0.717) is 16.9 Å². The Bertz CT molecular complexity index is 747. The van der Waals surface area contributed by atoms with E-state index in [1.54, 1.807) is 25.3 Å². The third-order valence-corrected chi connectivity index (χ3v) is 4.01. The molecule has 9 nitrogen and oxygen atoms in total. The maximum absolute atomic E-state index is 11.6. The van der Waals surface area contributed by atoms with Crippen molar-refractivity contribution in [1.29, 1.82) is 0 Å². The zero-order valence-corrected chi connectivity index (χ0v) is 13.7. The molecule has 1 saturated heterocycles. The molecule has 2 aromatic rings. The van der Waals surface area contributed by atoms with Crippen molar-refractivity contribution in [3.63, 3.8) is 0 Å². The van der Waals surface area contributed by atoms with Crippen LogP contribution in [0.5, 0.6) is 0 Å². The number of carbonyl (C=O) groups is 1. The molecule has 1 fully saturated rings. The van der Waals surface area contributed by atoms with Gasteiger partial charge in [0.2, 0.25) is 0 Å². The fourth-order valence-corrected chi connectivity index (χ4v) is 2.58. The van der Waals surface area contributed by atoms with E-state index < -0.39 is 24.5 Å². The lowest BCUT2D eigenvalue weighted by molar-refractivity contribution is -0.153. The normalized spacial score (nSPS) is 27.1. The van der Waals surface area contributed by atoms with Gasteiger partial charge in [-0.1, -0.05) is 13.8 Å². The molecule has 0 unspecified atom stereocenters. The fourth-order valence-electron chi connectivity index (χ4n) is 2.58. The molecule has 130 valence electrons. The Morgan fingerprint density at radius 3 is 2.79 bits per heavy atom. The molecule has 0 bridgehead atoms. The fraction of sp³-hybridized carbons (Fsp3) is 0.600. The molecule has 2 aromatic heterocycles. The quantitative estimate of drug-likeness (QED) is 0.746. The van der Waals surface area contributed by atoms with Gasteiger partial charge < -0.3 is 19.7 Å². The van der Waals surface area contributed by atoms with Crippen LogP contribution in [0.3, 0.4) is 0 Å². The number of nitrogens with zero attached hydrogens (tertiary/aromatic N) is 4. The predicted molar refractivity (Wildman–Crippen MR) is 81.8 cm³/mol. The highest BCUT2D eigenvalue weighted by molar-refractivity contribution is 5.73. The Morgan fingerprint density at radius 1 is 1.33 bits per heavy atom. The summed E-state index contributed by atoms with van der Waals surface area (Å²) in [6.45, 7) is 5.10. The lowest BCUT2D eigenvalue weighted by atomic mass is 10.1. The standard InChI is InChI=1S/C15H20N4O5/c1-7(2)15(22)23-4-9-11(20)12(21)14(24-9)19-6-18-10-8(3)16-5-17-13(10)19/h5-7,9,11-12,14,20-21H,4H2,1-3H3/t9-,11-,12-,14-/m1/s1. The zero-order valence-electron chi connectivity index (χ0n) is 13.7. The molecular weight excluding hydrogens is 316 g/mol.